The first-order valence-corrected chi connectivity index (χ1v) is 18.2. The molecule has 1 heterocycles. The van der Waals surface area contributed by atoms with Crippen molar-refractivity contribution in [2.24, 2.45) is 0 Å². The lowest BCUT2D eigenvalue weighted by atomic mass is 10.0. The molecule has 1 atom stereocenters. The third kappa shape index (κ3) is 9.43. The van der Waals surface area contributed by atoms with E-state index < -0.39 is 30.1 Å². The second kappa shape index (κ2) is 15.9. The van der Waals surface area contributed by atoms with Crippen LogP contribution in [0.25, 0.3) is 0 Å². The summed E-state index contributed by atoms with van der Waals surface area (Å²) in [6.07, 6.45) is 17.7. The Morgan fingerprint density at radius 2 is 1.20 bits per heavy atom. The van der Waals surface area contributed by atoms with Gasteiger partial charge in [-0.2, -0.15) is 16.8 Å². The molecule has 3 N–H and O–H groups in total. The van der Waals surface area contributed by atoms with E-state index in [2.05, 4.69) is 12.2 Å². The lowest BCUT2D eigenvalue weighted by molar-refractivity contribution is 0.407. The number of para-hydroxylation sites is 1. The van der Waals surface area contributed by atoms with Gasteiger partial charge in [0.1, 0.15) is 4.90 Å². The van der Waals surface area contributed by atoms with Gasteiger partial charge in [0.25, 0.3) is 10.1 Å². The number of anilines is 2. The van der Waals surface area contributed by atoms with Crippen LogP contribution >= 0.6 is 0 Å². The van der Waals surface area contributed by atoms with Crippen LogP contribution in [0.5, 0.6) is 0 Å². The highest BCUT2D eigenvalue weighted by molar-refractivity contribution is 7.87. The zero-order valence-corrected chi connectivity index (χ0v) is 26.1. The average Bonchev–Trinajstić information content (AvgIpc) is 3.25. The molecule has 0 radical (unpaired) electrons. The molecule has 230 valence electrons. The molecule has 0 spiro atoms. The molecule has 41 heavy (non-hydrogen) atoms. The molecule has 1 aliphatic rings. The minimum Gasteiger partial charge on any atom is -0.345 e. The van der Waals surface area contributed by atoms with Gasteiger partial charge in [-0.1, -0.05) is 133 Å². The van der Waals surface area contributed by atoms with Crippen LogP contribution in [0, 0.1) is 0 Å². The first-order valence-electron chi connectivity index (χ1n) is 15.3. The van der Waals surface area contributed by atoms with Crippen molar-refractivity contribution in [1.82, 2.24) is 0 Å². The van der Waals surface area contributed by atoms with Crippen LogP contribution in [0.3, 0.4) is 0 Å². The normalized spacial score (nSPS) is 17.0. The molecule has 8 nitrogen and oxygen atoms in total. The summed E-state index contributed by atoms with van der Waals surface area (Å²) in [5, 5.41) is 2.83. The topological polar surface area (TPSA) is 124 Å². The molecule has 2 aromatic rings. The predicted molar refractivity (Wildman–Crippen MR) is 166 cm³/mol. The highest BCUT2D eigenvalue weighted by Crippen LogP contribution is 2.48. The molecule has 10 heteroatoms. The summed E-state index contributed by atoms with van der Waals surface area (Å²) in [4.78, 5) is -0.872. The van der Waals surface area contributed by atoms with Crippen LogP contribution in [-0.4, -0.2) is 30.9 Å². The number of unbranched alkanes of at least 4 members (excludes halogenated alkanes) is 14. The summed E-state index contributed by atoms with van der Waals surface area (Å²) < 4.78 is 70.6. The van der Waals surface area contributed by atoms with Gasteiger partial charge in [0.15, 0.2) is 0 Å². The van der Waals surface area contributed by atoms with Crippen molar-refractivity contribution in [2.45, 2.75) is 126 Å². The van der Waals surface area contributed by atoms with Crippen LogP contribution in [0.1, 0.15) is 115 Å². The van der Waals surface area contributed by atoms with Crippen LogP contribution in [0.15, 0.2) is 53.4 Å². The Kier molecular flexibility index (Phi) is 12.9. The Labute approximate surface area is 247 Å². The second-order valence-electron chi connectivity index (χ2n) is 11.3. The highest BCUT2D eigenvalue weighted by Gasteiger charge is 2.54. The quantitative estimate of drug-likeness (QED) is 0.102. The number of hydrogen-bond acceptors (Lipinski definition) is 6. The maximum absolute atomic E-state index is 13.0. The summed E-state index contributed by atoms with van der Waals surface area (Å²) in [7, 11) is -9.38. The van der Waals surface area contributed by atoms with E-state index in [0.717, 1.165) is 31.2 Å². The smallest absolute Gasteiger partial charge is 0.308 e. The summed E-state index contributed by atoms with van der Waals surface area (Å²) in [5.74, 6) is 0. The fourth-order valence-corrected chi connectivity index (χ4v) is 7.53. The van der Waals surface area contributed by atoms with Gasteiger partial charge < -0.3 is 10.2 Å². The molecule has 0 fully saturated rings. The van der Waals surface area contributed by atoms with Crippen molar-refractivity contribution < 1.29 is 25.9 Å². The highest BCUT2D eigenvalue weighted by atomic mass is 32.2. The second-order valence-corrected chi connectivity index (χ2v) is 14.3. The van der Waals surface area contributed by atoms with Gasteiger partial charge in [-0.05, 0) is 24.1 Å². The summed E-state index contributed by atoms with van der Waals surface area (Å²) in [6.45, 7) is 2.36. The Balaban J connectivity index is 1.56. The number of rotatable bonds is 20. The van der Waals surface area contributed by atoms with Crippen molar-refractivity contribution >= 4 is 31.6 Å². The van der Waals surface area contributed by atoms with E-state index in [9.17, 15) is 25.9 Å². The molecule has 1 unspecified atom stereocenters. The summed E-state index contributed by atoms with van der Waals surface area (Å²) in [5.41, 5.74) is 1.07. The van der Waals surface area contributed by atoms with Gasteiger partial charge in [0.2, 0.25) is 4.99 Å². The maximum atomic E-state index is 13.0. The maximum Gasteiger partial charge on any atom is 0.308 e. The van der Waals surface area contributed by atoms with Gasteiger partial charge in [0.05, 0.1) is 11.4 Å². The number of nitrogens with one attached hydrogen (secondary N) is 1. The largest absolute Gasteiger partial charge is 0.345 e. The molecular weight excluding hydrogens is 560 g/mol. The van der Waals surface area contributed by atoms with Gasteiger partial charge in [0, 0.05) is 13.0 Å². The summed E-state index contributed by atoms with van der Waals surface area (Å²) >= 11 is 0. The Hall–Kier alpha value is -2.14. The van der Waals surface area contributed by atoms with E-state index >= 15 is 0 Å². The van der Waals surface area contributed by atoms with Crippen LogP contribution in [0.2, 0.25) is 0 Å². The standard InChI is InChI=1S/C31H48N2O6S2/c1-2-3-4-5-6-7-8-9-10-11-12-13-14-15-19-25-31(41(37,38)39)32-30-28(23-20-24-29(30)40(34,35)36)33(31)26-27-21-17-16-18-22-27/h16-18,20-24,32H,2-15,19,25-26H2,1H3,(H,34,35,36)(H,37,38,39). The van der Waals surface area contributed by atoms with Crippen molar-refractivity contribution in [3.05, 3.63) is 54.1 Å². The molecule has 0 saturated heterocycles. The van der Waals surface area contributed by atoms with E-state index in [0.29, 0.717) is 12.1 Å². The van der Waals surface area contributed by atoms with Crippen molar-refractivity contribution in [1.29, 1.82) is 0 Å². The Bertz CT molecular complexity index is 1280. The SMILES string of the molecule is CCCCCCCCCCCCCCCCCC1(S(=O)(=O)O)Nc2c(cccc2S(=O)(=O)O)N1Cc1ccccc1. The fourth-order valence-electron chi connectivity index (χ4n) is 5.79. The van der Waals surface area contributed by atoms with E-state index in [1.165, 1.54) is 81.2 Å². The van der Waals surface area contributed by atoms with Crippen molar-refractivity contribution in [3.63, 3.8) is 0 Å². The number of nitrogens with zero attached hydrogens (tertiary/aromatic N) is 1. The minimum absolute atomic E-state index is 0.0236. The zero-order chi connectivity index (χ0) is 29.8. The molecular formula is C31H48N2O6S2. The van der Waals surface area contributed by atoms with E-state index in [1.54, 1.807) is 6.07 Å². The van der Waals surface area contributed by atoms with Crippen molar-refractivity contribution in [3.8, 4) is 0 Å². The number of benzene rings is 2. The van der Waals surface area contributed by atoms with Crippen molar-refractivity contribution in [2.75, 3.05) is 10.2 Å². The van der Waals surface area contributed by atoms with Crippen LogP contribution < -0.4 is 10.2 Å². The van der Waals surface area contributed by atoms with Gasteiger partial charge in [-0.25, -0.2) is 0 Å². The molecule has 1 aliphatic heterocycles. The lowest BCUT2D eigenvalue weighted by Gasteiger charge is -2.37. The molecule has 0 bridgehead atoms. The molecule has 0 amide bonds. The van der Waals surface area contributed by atoms with Gasteiger partial charge in [-0.3, -0.25) is 9.11 Å². The van der Waals surface area contributed by atoms with Crippen LogP contribution in [0.4, 0.5) is 11.4 Å². The van der Waals surface area contributed by atoms with E-state index in [1.807, 2.05) is 30.3 Å². The lowest BCUT2D eigenvalue weighted by Crippen LogP contribution is -2.56. The van der Waals surface area contributed by atoms with E-state index in [4.69, 9.17) is 0 Å². The number of fused-ring (bicyclic) bond motifs is 1. The monoisotopic (exact) mass is 608 g/mol. The predicted octanol–water partition coefficient (Wildman–Crippen LogP) is 8.17. The Morgan fingerprint density at radius 1 is 0.683 bits per heavy atom. The number of hydrogen-bond donors (Lipinski definition) is 3. The zero-order valence-electron chi connectivity index (χ0n) is 24.4. The third-order valence-electron chi connectivity index (χ3n) is 8.06. The first-order chi connectivity index (χ1) is 19.6. The average molecular weight is 609 g/mol. The molecule has 3 rings (SSSR count). The molecule has 0 aromatic heterocycles. The van der Waals surface area contributed by atoms with Gasteiger partial charge in [-0.15, -0.1) is 0 Å². The Morgan fingerprint density at radius 3 is 1.68 bits per heavy atom. The third-order valence-corrected chi connectivity index (χ3v) is 10.3. The first kappa shape index (κ1) is 33.4. The van der Waals surface area contributed by atoms with Crippen LogP contribution in [-0.2, 0) is 26.8 Å². The minimum atomic E-state index is -4.74. The summed E-state index contributed by atoms with van der Waals surface area (Å²) in [6, 6.07) is 13.5. The molecule has 2 aromatic carbocycles. The molecule has 0 aliphatic carbocycles. The fraction of sp³-hybridized carbons (Fsp3) is 0.613. The van der Waals surface area contributed by atoms with E-state index in [-0.39, 0.29) is 18.7 Å². The van der Waals surface area contributed by atoms with Gasteiger partial charge >= 0.3 is 10.1 Å². The molecule has 0 saturated carbocycles.